The highest BCUT2D eigenvalue weighted by Gasteiger charge is 2.03. The molecule has 0 aliphatic rings. The first-order chi connectivity index (χ1) is 8.19. The van der Waals surface area contributed by atoms with E-state index >= 15 is 0 Å². The minimum Gasteiger partial charge on any atom is -0.339 e. The molecule has 1 heterocycles. The second-order valence-corrected chi connectivity index (χ2v) is 4.10. The first-order valence-corrected chi connectivity index (χ1v) is 5.68. The molecule has 0 saturated heterocycles. The summed E-state index contributed by atoms with van der Waals surface area (Å²) in [5, 5.41) is 3.84. The van der Waals surface area contributed by atoms with E-state index < -0.39 is 0 Å². The first-order valence-electron chi connectivity index (χ1n) is 4.93. The number of nitrogens with zero attached hydrogens (tertiary/aromatic N) is 2. The van der Waals surface area contributed by atoms with Crippen LogP contribution in [0, 0.1) is 0 Å². The molecule has 3 N–H and O–H groups in total. The number of rotatable bonds is 3. The van der Waals surface area contributed by atoms with Gasteiger partial charge in [-0.2, -0.15) is 0 Å². The maximum Gasteiger partial charge on any atom is 0.224 e. The Balaban J connectivity index is 2.29. The van der Waals surface area contributed by atoms with Crippen LogP contribution >= 0.6 is 23.2 Å². The zero-order chi connectivity index (χ0) is 12.3. The van der Waals surface area contributed by atoms with Gasteiger partial charge in [0.15, 0.2) is 0 Å². The lowest BCUT2D eigenvalue weighted by Crippen LogP contribution is -1.99. The number of aromatic nitrogens is 2. The zero-order valence-corrected chi connectivity index (χ0v) is 10.3. The Morgan fingerprint density at radius 1 is 1.24 bits per heavy atom. The summed E-state index contributed by atoms with van der Waals surface area (Å²) >= 11 is 11.8. The van der Waals surface area contributed by atoms with Gasteiger partial charge in [-0.3, -0.25) is 0 Å². The first kappa shape index (κ1) is 12.1. The Kier molecular flexibility index (Phi) is 3.78. The van der Waals surface area contributed by atoms with Crippen molar-refractivity contribution in [1.29, 1.82) is 0 Å². The maximum atomic E-state index is 6.06. The van der Waals surface area contributed by atoms with E-state index in [0.717, 1.165) is 11.3 Å². The summed E-state index contributed by atoms with van der Waals surface area (Å²) in [7, 11) is 0. The fraction of sp³-hybridized carbons (Fsp3) is 0.0909. The van der Waals surface area contributed by atoms with E-state index in [4.69, 9.17) is 28.9 Å². The predicted octanol–water partition coefficient (Wildman–Crippen LogP) is 2.99. The van der Waals surface area contributed by atoms with Gasteiger partial charge in [0.2, 0.25) is 5.28 Å². The van der Waals surface area contributed by atoms with E-state index in [0.29, 0.717) is 17.4 Å². The number of nitrogens with one attached hydrogen (secondary N) is 1. The Hall–Kier alpha value is -1.36. The molecule has 0 amide bonds. The Labute approximate surface area is 109 Å². The molecule has 0 fully saturated rings. The number of halogens is 2. The van der Waals surface area contributed by atoms with Gasteiger partial charge in [0, 0.05) is 12.7 Å². The van der Waals surface area contributed by atoms with Crippen molar-refractivity contribution in [3.8, 4) is 0 Å². The molecule has 0 radical (unpaired) electrons. The zero-order valence-electron chi connectivity index (χ0n) is 8.82. The highest BCUT2D eigenvalue weighted by atomic mass is 35.5. The predicted molar refractivity (Wildman–Crippen MR) is 69.7 cm³/mol. The highest BCUT2D eigenvalue weighted by Crippen LogP contribution is 2.25. The van der Waals surface area contributed by atoms with Crippen molar-refractivity contribution >= 4 is 34.7 Å². The van der Waals surface area contributed by atoms with Crippen LogP contribution in [0.25, 0.3) is 0 Å². The maximum absolute atomic E-state index is 6.06. The standard InChI is InChI=1S/C11H10Cl2N4/c12-8-2-1-7(6-14)5-9(8)16-10-3-4-15-11(13)17-10/h1-5H,6,14H2,(H,15,16,17). The van der Waals surface area contributed by atoms with Crippen LogP contribution in [0.1, 0.15) is 5.56 Å². The fourth-order valence-electron chi connectivity index (χ4n) is 1.34. The Bertz CT molecular complexity index is 531. The second kappa shape index (κ2) is 5.31. The van der Waals surface area contributed by atoms with Crippen LogP contribution in [0.3, 0.4) is 0 Å². The molecule has 0 atom stereocenters. The molecule has 6 heteroatoms. The van der Waals surface area contributed by atoms with Crippen molar-refractivity contribution in [2.45, 2.75) is 6.54 Å². The van der Waals surface area contributed by atoms with Crippen molar-refractivity contribution in [2.75, 3.05) is 5.32 Å². The molecular formula is C11H10Cl2N4. The summed E-state index contributed by atoms with van der Waals surface area (Å²) in [6.45, 7) is 0.455. The molecule has 0 aliphatic carbocycles. The Morgan fingerprint density at radius 2 is 2.06 bits per heavy atom. The summed E-state index contributed by atoms with van der Waals surface area (Å²) in [6.07, 6.45) is 1.57. The molecule has 4 nitrogen and oxygen atoms in total. The molecule has 0 bridgehead atoms. The van der Waals surface area contributed by atoms with Gasteiger partial charge in [-0.25, -0.2) is 9.97 Å². The van der Waals surface area contributed by atoms with Gasteiger partial charge in [-0.15, -0.1) is 0 Å². The van der Waals surface area contributed by atoms with Crippen LogP contribution in [0.15, 0.2) is 30.5 Å². The van der Waals surface area contributed by atoms with Gasteiger partial charge in [0.05, 0.1) is 10.7 Å². The van der Waals surface area contributed by atoms with Crippen LogP contribution in [-0.2, 0) is 6.54 Å². The lowest BCUT2D eigenvalue weighted by Gasteiger charge is -2.09. The van der Waals surface area contributed by atoms with Gasteiger partial charge >= 0.3 is 0 Å². The summed E-state index contributed by atoms with van der Waals surface area (Å²) in [4.78, 5) is 7.82. The fourth-order valence-corrected chi connectivity index (χ4v) is 1.65. The lowest BCUT2D eigenvalue weighted by molar-refractivity contribution is 1.07. The van der Waals surface area contributed by atoms with E-state index in [1.54, 1.807) is 18.3 Å². The Morgan fingerprint density at radius 3 is 2.76 bits per heavy atom. The number of hydrogen-bond acceptors (Lipinski definition) is 4. The molecule has 2 aromatic rings. The molecule has 1 aromatic heterocycles. The van der Waals surface area contributed by atoms with Crippen molar-refractivity contribution < 1.29 is 0 Å². The van der Waals surface area contributed by atoms with Crippen LogP contribution < -0.4 is 11.1 Å². The summed E-state index contributed by atoms with van der Waals surface area (Å²) in [6, 6.07) is 7.24. The quantitative estimate of drug-likeness (QED) is 0.841. The topological polar surface area (TPSA) is 63.8 Å². The van der Waals surface area contributed by atoms with Gasteiger partial charge in [-0.05, 0) is 35.4 Å². The summed E-state index contributed by atoms with van der Waals surface area (Å²) in [5.41, 5.74) is 7.29. The molecule has 17 heavy (non-hydrogen) atoms. The average Bonchev–Trinajstić information content (AvgIpc) is 2.32. The molecule has 0 unspecified atom stereocenters. The van der Waals surface area contributed by atoms with Crippen molar-refractivity contribution in [1.82, 2.24) is 9.97 Å². The van der Waals surface area contributed by atoms with Gasteiger partial charge in [-0.1, -0.05) is 17.7 Å². The van der Waals surface area contributed by atoms with Crippen LogP contribution in [0.4, 0.5) is 11.5 Å². The largest absolute Gasteiger partial charge is 0.339 e. The van der Waals surface area contributed by atoms with Gasteiger partial charge < -0.3 is 11.1 Å². The SMILES string of the molecule is NCc1ccc(Cl)c(Nc2ccnc(Cl)n2)c1. The highest BCUT2D eigenvalue weighted by molar-refractivity contribution is 6.33. The van der Waals surface area contributed by atoms with Crippen molar-refractivity contribution in [3.63, 3.8) is 0 Å². The monoisotopic (exact) mass is 268 g/mol. The molecule has 0 saturated carbocycles. The van der Waals surface area contributed by atoms with E-state index in [9.17, 15) is 0 Å². The third-order valence-corrected chi connectivity index (χ3v) is 2.67. The third-order valence-electron chi connectivity index (χ3n) is 2.16. The minimum absolute atomic E-state index is 0.182. The summed E-state index contributed by atoms with van der Waals surface area (Å²) in [5.74, 6) is 0.584. The normalized spacial score (nSPS) is 10.3. The van der Waals surface area contributed by atoms with Crippen LogP contribution in [-0.4, -0.2) is 9.97 Å². The molecule has 0 aliphatic heterocycles. The van der Waals surface area contributed by atoms with Crippen molar-refractivity contribution in [2.24, 2.45) is 5.73 Å². The lowest BCUT2D eigenvalue weighted by atomic mass is 10.2. The average molecular weight is 269 g/mol. The molecule has 1 aromatic carbocycles. The van der Waals surface area contributed by atoms with E-state index in [2.05, 4.69) is 15.3 Å². The summed E-state index contributed by atoms with van der Waals surface area (Å²) < 4.78 is 0. The van der Waals surface area contributed by atoms with E-state index in [-0.39, 0.29) is 5.28 Å². The van der Waals surface area contributed by atoms with Crippen LogP contribution in [0.5, 0.6) is 0 Å². The number of nitrogens with two attached hydrogens (primary N) is 1. The smallest absolute Gasteiger partial charge is 0.224 e. The number of anilines is 2. The minimum atomic E-state index is 0.182. The van der Waals surface area contributed by atoms with Crippen molar-refractivity contribution in [3.05, 3.63) is 46.3 Å². The molecule has 88 valence electrons. The van der Waals surface area contributed by atoms with Crippen LogP contribution in [0.2, 0.25) is 10.3 Å². The van der Waals surface area contributed by atoms with E-state index in [1.807, 2.05) is 12.1 Å². The molecule has 0 spiro atoms. The van der Waals surface area contributed by atoms with Gasteiger partial charge in [0.1, 0.15) is 5.82 Å². The molecular weight excluding hydrogens is 259 g/mol. The van der Waals surface area contributed by atoms with Gasteiger partial charge in [0.25, 0.3) is 0 Å². The van der Waals surface area contributed by atoms with E-state index in [1.165, 1.54) is 0 Å². The molecule has 2 rings (SSSR count). The number of benzene rings is 1. The number of hydrogen-bond donors (Lipinski definition) is 2. The second-order valence-electron chi connectivity index (χ2n) is 3.35. The third kappa shape index (κ3) is 3.06.